The molecule has 2 aromatic rings. The van der Waals surface area contributed by atoms with Gasteiger partial charge in [0.25, 0.3) is 0 Å². The number of nitrogens with one attached hydrogen (secondary N) is 1. The van der Waals surface area contributed by atoms with Gasteiger partial charge in [-0.05, 0) is 62.2 Å². The van der Waals surface area contributed by atoms with Crippen LogP contribution in [0.5, 0.6) is 0 Å². The molecule has 0 aromatic heterocycles. The standard InChI is InChI=1S/C22H25Cl3N2O2S/c1-4-14(2)26-22(29)15(3)27(12-16-5-10-19(24)20(25)11-16)21(28)13-30-18-8-6-17(23)7-9-18/h5-11,14-15H,4,12-13H2,1-3H3,(H,26,29)/t14-,15-/m0/s1. The Balaban J connectivity index is 2.17. The van der Waals surface area contributed by atoms with Crippen LogP contribution in [-0.4, -0.2) is 34.6 Å². The minimum Gasteiger partial charge on any atom is -0.352 e. The first-order chi connectivity index (χ1) is 14.2. The van der Waals surface area contributed by atoms with E-state index >= 15 is 0 Å². The van der Waals surface area contributed by atoms with Crippen molar-refractivity contribution < 1.29 is 9.59 Å². The van der Waals surface area contributed by atoms with Crippen molar-refractivity contribution in [3.63, 3.8) is 0 Å². The van der Waals surface area contributed by atoms with Crippen LogP contribution in [0, 0.1) is 0 Å². The highest BCUT2D eigenvalue weighted by Gasteiger charge is 2.27. The molecule has 0 bridgehead atoms. The highest BCUT2D eigenvalue weighted by atomic mass is 35.5. The third-order valence-corrected chi connectivity index (χ3v) is 6.67. The van der Waals surface area contributed by atoms with E-state index in [-0.39, 0.29) is 30.2 Å². The second-order valence-corrected chi connectivity index (χ2v) is 9.31. The van der Waals surface area contributed by atoms with E-state index in [1.165, 1.54) is 11.8 Å². The molecule has 2 amide bonds. The second kappa shape index (κ2) is 11.8. The largest absolute Gasteiger partial charge is 0.352 e. The van der Waals surface area contributed by atoms with Crippen LogP contribution in [-0.2, 0) is 16.1 Å². The quantitative estimate of drug-likeness (QED) is 0.437. The van der Waals surface area contributed by atoms with E-state index in [1.807, 2.05) is 26.0 Å². The molecule has 0 saturated carbocycles. The average molecular weight is 488 g/mol. The van der Waals surface area contributed by atoms with E-state index in [0.717, 1.165) is 16.9 Å². The Morgan fingerprint density at radius 2 is 1.70 bits per heavy atom. The van der Waals surface area contributed by atoms with E-state index < -0.39 is 6.04 Å². The fourth-order valence-electron chi connectivity index (χ4n) is 2.64. The number of carbonyl (C=O) groups excluding carboxylic acids is 2. The molecule has 0 saturated heterocycles. The minimum absolute atomic E-state index is 0.0327. The summed E-state index contributed by atoms with van der Waals surface area (Å²) in [7, 11) is 0. The zero-order valence-corrected chi connectivity index (χ0v) is 20.2. The third kappa shape index (κ3) is 7.38. The lowest BCUT2D eigenvalue weighted by Gasteiger charge is -2.29. The first-order valence-corrected chi connectivity index (χ1v) is 11.7. The molecule has 2 aromatic carbocycles. The number of rotatable bonds is 9. The zero-order chi connectivity index (χ0) is 22.3. The highest BCUT2D eigenvalue weighted by molar-refractivity contribution is 8.00. The van der Waals surface area contributed by atoms with Crippen LogP contribution in [0.25, 0.3) is 0 Å². The van der Waals surface area contributed by atoms with Crippen molar-refractivity contribution in [1.29, 1.82) is 0 Å². The molecular weight excluding hydrogens is 463 g/mol. The van der Waals surface area contributed by atoms with E-state index in [1.54, 1.807) is 42.2 Å². The van der Waals surface area contributed by atoms with Gasteiger partial charge in [0.05, 0.1) is 15.8 Å². The summed E-state index contributed by atoms with van der Waals surface area (Å²) in [6.45, 7) is 5.93. The third-order valence-electron chi connectivity index (χ3n) is 4.68. The smallest absolute Gasteiger partial charge is 0.242 e. The zero-order valence-electron chi connectivity index (χ0n) is 17.1. The van der Waals surface area contributed by atoms with Crippen LogP contribution >= 0.6 is 46.6 Å². The number of benzene rings is 2. The van der Waals surface area contributed by atoms with Gasteiger partial charge in [0.2, 0.25) is 11.8 Å². The number of halogens is 3. The molecule has 0 radical (unpaired) electrons. The minimum atomic E-state index is -0.633. The molecule has 162 valence electrons. The monoisotopic (exact) mass is 486 g/mol. The predicted octanol–water partition coefficient (Wildman–Crippen LogP) is 6.07. The molecule has 0 heterocycles. The maximum atomic E-state index is 13.1. The van der Waals surface area contributed by atoms with Gasteiger partial charge in [-0.2, -0.15) is 0 Å². The number of thioether (sulfide) groups is 1. The van der Waals surface area contributed by atoms with Gasteiger partial charge in [-0.1, -0.05) is 47.8 Å². The molecule has 4 nitrogen and oxygen atoms in total. The van der Waals surface area contributed by atoms with Gasteiger partial charge in [-0.25, -0.2) is 0 Å². The lowest BCUT2D eigenvalue weighted by Crippen LogP contribution is -2.50. The van der Waals surface area contributed by atoms with Gasteiger partial charge in [-0.3, -0.25) is 9.59 Å². The molecule has 30 heavy (non-hydrogen) atoms. The Bertz CT molecular complexity index is 877. The summed E-state index contributed by atoms with van der Waals surface area (Å²) in [4.78, 5) is 28.3. The molecule has 2 rings (SSSR count). The van der Waals surface area contributed by atoms with Crippen LogP contribution < -0.4 is 5.32 Å². The Hall–Kier alpha value is -1.40. The van der Waals surface area contributed by atoms with E-state index in [0.29, 0.717) is 15.1 Å². The number of hydrogen-bond donors (Lipinski definition) is 1. The summed E-state index contributed by atoms with van der Waals surface area (Å²) < 4.78 is 0. The summed E-state index contributed by atoms with van der Waals surface area (Å²) >= 11 is 19.5. The van der Waals surface area contributed by atoms with Gasteiger partial charge >= 0.3 is 0 Å². The number of carbonyl (C=O) groups is 2. The Morgan fingerprint density at radius 3 is 2.30 bits per heavy atom. The average Bonchev–Trinajstić information content (AvgIpc) is 2.73. The fraction of sp³-hybridized carbons (Fsp3) is 0.364. The van der Waals surface area contributed by atoms with Gasteiger partial charge < -0.3 is 10.2 Å². The lowest BCUT2D eigenvalue weighted by atomic mass is 10.1. The summed E-state index contributed by atoms with van der Waals surface area (Å²) in [6, 6.07) is 11.9. The van der Waals surface area contributed by atoms with Crippen LogP contribution in [0.1, 0.15) is 32.8 Å². The normalized spacial score (nSPS) is 12.9. The van der Waals surface area contributed by atoms with Crippen molar-refractivity contribution in [3.8, 4) is 0 Å². The molecule has 0 unspecified atom stereocenters. The van der Waals surface area contributed by atoms with Crippen molar-refractivity contribution in [2.45, 2.75) is 50.7 Å². The number of amides is 2. The van der Waals surface area contributed by atoms with Crippen LogP contribution in [0.3, 0.4) is 0 Å². The summed E-state index contributed by atoms with van der Waals surface area (Å²) in [6.07, 6.45) is 0.811. The predicted molar refractivity (Wildman–Crippen MR) is 127 cm³/mol. The van der Waals surface area contributed by atoms with Crippen molar-refractivity contribution in [2.24, 2.45) is 0 Å². The number of nitrogens with zero attached hydrogens (tertiary/aromatic N) is 1. The van der Waals surface area contributed by atoms with Crippen molar-refractivity contribution in [1.82, 2.24) is 10.2 Å². The SMILES string of the molecule is CC[C@H](C)NC(=O)[C@H](C)N(Cc1ccc(Cl)c(Cl)c1)C(=O)CSc1ccc(Cl)cc1. The van der Waals surface area contributed by atoms with Crippen molar-refractivity contribution >= 4 is 58.4 Å². The van der Waals surface area contributed by atoms with Crippen LogP contribution in [0.15, 0.2) is 47.4 Å². The first-order valence-electron chi connectivity index (χ1n) is 9.63. The van der Waals surface area contributed by atoms with Gasteiger partial charge in [0.1, 0.15) is 6.04 Å². The van der Waals surface area contributed by atoms with E-state index in [4.69, 9.17) is 34.8 Å². The summed E-state index contributed by atoms with van der Waals surface area (Å²) in [5, 5.41) is 4.45. The van der Waals surface area contributed by atoms with E-state index in [9.17, 15) is 9.59 Å². The van der Waals surface area contributed by atoms with Crippen molar-refractivity contribution in [2.75, 3.05) is 5.75 Å². The molecule has 0 aliphatic carbocycles. The summed E-state index contributed by atoms with van der Waals surface area (Å²) in [5.41, 5.74) is 0.803. The lowest BCUT2D eigenvalue weighted by molar-refractivity contribution is -0.138. The molecular formula is C22H25Cl3N2O2S. The molecule has 1 N–H and O–H groups in total. The van der Waals surface area contributed by atoms with Crippen molar-refractivity contribution in [3.05, 3.63) is 63.1 Å². The number of hydrogen-bond acceptors (Lipinski definition) is 3. The molecule has 0 fully saturated rings. The molecule has 0 aliphatic rings. The molecule has 0 aliphatic heterocycles. The fourth-order valence-corrected chi connectivity index (χ4v) is 3.87. The first kappa shape index (κ1) is 24.9. The Labute approximate surface area is 197 Å². The van der Waals surface area contributed by atoms with E-state index in [2.05, 4.69) is 5.32 Å². The highest BCUT2D eigenvalue weighted by Crippen LogP contribution is 2.25. The van der Waals surface area contributed by atoms with Gasteiger partial charge in [-0.15, -0.1) is 11.8 Å². The Kier molecular flexibility index (Phi) is 9.82. The maximum absolute atomic E-state index is 13.1. The Morgan fingerprint density at radius 1 is 1.03 bits per heavy atom. The summed E-state index contributed by atoms with van der Waals surface area (Å²) in [5.74, 6) is -0.133. The molecule has 8 heteroatoms. The van der Waals surface area contributed by atoms with Gasteiger partial charge in [0, 0.05) is 22.5 Å². The second-order valence-electron chi connectivity index (χ2n) is 7.01. The maximum Gasteiger partial charge on any atom is 0.242 e. The molecule has 0 spiro atoms. The van der Waals surface area contributed by atoms with Gasteiger partial charge in [0.15, 0.2) is 0 Å². The molecule has 2 atom stereocenters. The topological polar surface area (TPSA) is 49.4 Å². The van der Waals surface area contributed by atoms with Crippen LogP contribution in [0.2, 0.25) is 15.1 Å². The van der Waals surface area contributed by atoms with Crippen LogP contribution in [0.4, 0.5) is 0 Å².